The number of carbonyl (C=O) groups excluding carboxylic acids is 2. The van der Waals surface area contributed by atoms with E-state index in [2.05, 4.69) is 10.6 Å². The van der Waals surface area contributed by atoms with E-state index in [1.807, 2.05) is 24.3 Å². The van der Waals surface area contributed by atoms with Gasteiger partial charge in [-0.05, 0) is 49.8 Å². The van der Waals surface area contributed by atoms with Gasteiger partial charge in [-0.15, -0.1) is 0 Å². The van der Waals surface area contributed by atoms with Crippen molar-refractivity contribution in [1.29, 1.82) is 0 Å². The third-order valence-electron chi connectivity index (χ3n) is 5.29. The van der Waals surface area contributed by atoms with Crippen LogP contribution in [-0.4, -0.2) is 22.9 Å². The zero-order valence-corrected chi connectivity index (χ0v) is 14.2. The molecular formula is C19H24N2O4. The van der Waals surface area contributed by atoms with Gasteiger partial charge in [-0.2, -0.15) is 0 Å². The molecule has 0 saturated heterocycles. The van der Waals surface area contributed by atoms with Crippen molar-refractivity contribution in [3.63, 3.8) is 0 Å². The van der Waals surface area contributed by atoms with Crippen LogP contribution in [0.1, 0.15) is 44.1 Å². The lowest BCUT2D eigenvalue weighted by Gasteiger charge is -2.24. The van der Waals surface area contributed by atoms with Crippen molar-refractivity contribution in [1.82, 2.24) is 5.32 Å². The Hall–Kier alpha value is -2.37. The second-order valence-electron chi connectivity index (χ2n) is 7.08. The largest absolute Gasteiger partial charge is 0.481 e. The molecular weight excluding hydrogens is 320 g/mol. The molecule has 3 rings (SSSR count). The second kappa shape index (κ2) is 7.68. The lowest BCUT2D eigenvalue weighted by Crippen LogP contribution is -2.29. The second-order valence-corrected chi connectivity index (χ2v) is 7.08. The number of nitrogens with one attached hydrogen (secondary N) is 2. The molecule has 0 aliphatic heterocycles. The average molecular weight is 344 g/mol. The summed E-state index contributed by atoms with van der Waals surface area (Å²) in [6.45, 7) is 0.375. The molecule has 0 bridgehead atoms. The Labute approximate surface area is 147 Å². The summed E-state index contributed by atoms with van der Waals surface area (Å²) in [4.78, 5) is 35.2. The molecule has 0 spiro atoms. The van der Waals surface area contributed by atoms with E-state index < -0.39 is 11.9 Å². The minimum Gasteiger partial charge on any atom is -0.481 e. The summed E-state index contributed by atoms with van der Waals surface area (Å²) in [5, 5.41) is 14.8. The van der Waals surface area contributed by atoms with Gasteiger partial charge in [0.25, 0.3) is 0 Å². The molecule has 2 fully saturated rings. The number of aliphatic carboxylic acids is 1. The summed E-state index contributed by atoms with van der Waals surface area (Å²) in [7, 11) is 0. The molecule has 0 aromatic heterocycles. The van der Waals surface area contributed by atoms with Gasteiger partial charge in [-0.25, -0.2) is 0 Å². The normalized spacial score (nSPS) is 22.9. The fourth-order valence-corrected chi connectivity index (χ4v) is 3.45. The van der Waals surface area contributed by atoms with Gasteiger partial charge in [-0.1, -0.05) is 18.6 Å². The molecule has 0 unspecified atom stereocenters. The first-order valence-electron chi connectivity index (χ1n) is 8.93. The summed E-state index contributed by atoms with van der Waals surface area (Å²) in [6.07, 6.45) is 4.64. The Morgan fingerprint density at radius 2 is 1.76 bits per heavy atom. The van der Waals surface area contributed by atoms with Crippen LogP contribution in [0.3, 0.4) is 0 Å². The fourth-order valence-electron chi connectivity index (χ4n) is 3.45. The van der Waals surface area contributed by atoms with E-state index >= 15 is 0 Å². The first-order valence-corrected chi connectivity index (χ1v) is 8.93. The van der Waals surface area contributed by atoms with Crippen molar-refractivity contribution in [2.24, 2.45) is 17.8 Å². The van der Waals surface area contributed by atoms with Crippen LogP contribution in [-0.2, 0) is 20.9 Å². The van der Waals surface area contributed by atoms with E-state index in [1.54, 1.807) is 0 Å². The Balaban J connectivity index is 1.49. The zero-order valence-electron chi connectivity index (χ0n) is 14.2. The van der Waals surface area contributed by atoms with E-state index in [0.29, 0.717) is 25.8 Å². The molecule has 6 heteroatoms. The first-order chi connectivity index (χ1) is 12.0. The summed E-state index contributed by atoms with van der Waals surface area (Å²) in [6, 6.07) is 7.46. The smallest absolute Gasteiger partial charge is 0.306 e. The zero-order chi connectivity index (χ0) is 17.8. The van der Waals surface area contributed by atoms with Gasteiger partial charge < -0.3 is 15.7 Å². The van der Waals surface area contributed by atoms with Gasteiger partial charge in [0.2, 0.25) is 11.8 Å². The predicted octanol–water partition coefficient (Wildman–Crippen LogP) is 2.54. The van der Waals surface area contributed by atoms with Crippen LogP contribution in [0, 0.1) is 17.8 Å². The number of benzene rings is 1. The quantitative estimate of drug-likeness (QED) is 0.739. The minimum absolute atomic E-state index is 0.0677. The topological polar surface area (TPSA) is 95.5 Å². The molecule has 2 amide bonds. The lowest BCUT2D eigenvalue weighted by atomic mass is 9.85. The molecule has 0 heterocycles. The van der Waals surface area contributed by atoms with E-state index in [0.717, 1.165) is 30.5 Å². The maximum atomic E-state index is 12.2. The third-order valence-corrected chi connectivity index (χ3v) is 5.29. The van der Waals surface area contributed by atoms with E-state index in [4.69, 9.17) is 5.11 Å². The number of hydrogen-bond acceptors (Lipinski definition) is 3. The molecule has 2 aliphatic rings. The predicted molar refractivity (Wildman–Crippen MR) is 92.7 cm³/mol. The van der Waals surface area contributed by atoms with Gasteiger partial charge in [0.05, 0.1) is 5.92 Å². The molecule has 2 atom stereocenters. The van der Waals surface area contributed by atoms with Crippen molar-refractivity contribution >= 4 is 23.5 Å². The Bertz CT molecular complexity index is 669. The van der Waals surface area contributed by atoms with Crippen LogP contribution >= 0.6 is 0 Å². The fraction of sp³-hybridized carbons (Fsp3) is 0.526. The van der Waals surface area contributed by atoms with Crippen molar-refractivity contribution in [3.05, 3.63) is 29.8 Å². The van der Waals surface area contributed by atoms with E-state index in [9.17, 15) is 14.4 Å². The average Bonchev–Trinajstić information content (AvgIpc) is 3.01. The maximum Gasteiger partial charge on any atom is 0.306 e. The third kappa shape index (κ3) is 4.38. The number of amides is 2. The Kier molecular flexibility index (Phi) is 5.36. The highest BCUT2D eigenvalue weighted by atomic mass is 16.4. The van der Waals surface area contributed by atoms with Gasteiger partial charge in [-0.3, -0.25) is 14.4 Å². The molecule has 1 aromatic carbocycles. The van der Waals surface area contributed by atoms with Gasteiger partial charge in [0.1, 0.15) is 0 Å². The Morgan fingerprint density at radius 1 is 1.00 bits per heavy atom. The monoisotopic (exact) mass is 344 g/mol. The van der Waals surface area contributed by atoms with Crippen LogP contribution in [0.15, 0.2) is 24.3 Å². The molecule has 3 N–H and O–H groups in total. The highest BCUT2D eigenvalue weighted by molar-refractivity contribution is 5.93. The van der Waals surface area contributed by atoms with Crippen molar-refractivity contribution in [2.45, 2.75) is 45.1 Å². The van der Waals surface area contributed by atoms with Gasteiger partial charge in [0.15, 0.2) is 0 Å². The number of rotatable bonds is 6. The van der Waals surface area contributed by atoms with Crippen LogP contribution in [0.5, 0.6) is 0 Å². The number of carboxylic acid groups (broad SMARTS) is 1. The lowest BCUT2D eigenvalue weighted by molar-refractivity contribution is -0.141. The number of carboxylic acids is 1. The van der Waals surface area contributed by atoms with Crippen LogP contribution in [0.4, 0.5) is 5.69 Å². The first kappa shape index (κ1) is 17.5. The Morgan fingerprint density at radius 3 is 2.40 bits per heavy atom. The van der Waals surface area contributed by atoms with E-state index in [-0.39, 0.29) is 23.7 Å². The van der Waals surface area contributed by atoms with Crippen molar-refractivity contribution in [2.75, 3.05) is 5.32 Å². The van der Waals surface area contributed by atoms with Crippen LogP contribution in [0.2, 0.25) is 0 Å². The van der Waals surface area contributed by atoms with Crippen LogP contribution in [0.25, 0.3) is 0 Å². The standard InChI is InChI=1S/C19H24N2O4/c22-17(14-7-8-15(10-14)19(24)25)20-11-12-3-1-6-16(9-12)21-18(23)13-4-2-5-13/h1,3,6,9,13-15H,2,4-5,7-8,10-11H2,(H,20,22)(H,21,23)(H,24,25)/t14-,15+/m0/s1. The molecule has 2 aliphatic carbocycles. The molecule has 25 heavy (non-hydrogen) atoms. The minimum atomic E-state index is -0.815. The highest BCUT2D eigenvalue weighted by Gasteiger charge is 2.33. The highest BCUT2D eigenvalue weighted by Crippen LogP contribution is 2.31. The summed E-state index contributed by atoms with van der Waals surface area (Å²) >= 11 is 0. The van der Waals surface area contributed by atoms with Gasteiger partial charge >= 0.3 is 5.97 Å². The summed E-state index contributed by atoms with van der Waals surface area (Å²) in [5.74, 6) is -1.33. The number of anilines is 1. The van der Waals surface area contributed by atoms with Crippen LogP contribution < -0.4 is 10.6 Å². The molecule has 6 nitrogen and oxygen atoms in total. The number of hydrogen-bond donors (Lipinski definition) is 3. The SMILES string of the molecule is O=C(Nc1cccc(CNC(=O)[C@H]2CC[C@@H](C(=O)O)C2)c1)C1CCC1. The molecule has 0 radical (unpaired) electrons. The molecule has 134 valence electrons. The van der Waals surface area contributed by atoms with Gasteiger partial charge in [0, 0.05) is 24.1 Å². The number of carbonyl (C=O) groups is 3. The summed E-state index contributed by atoms with van der Waals surface area (Å²) in [5.41, 5.74) is 1.66. The molecule has 2 saturated carbocycles. The van der Waals surface area contributed by atoms with E-state index in [1.165, 1.54) is 0 Å². The van der Waals surface area contributed by atoms with Crippen molar-refractivity contribution in [3.8, 4) is 0 Å². The van der Waals surface area contributed by atoms with Crippen molar-refractivity contribution < 1.29 is 19.5 Å². The maximum absolute atomic E-state index is 12.2. The summed E-state index contributed by atoms with van der Waals surface area (Å²) < 4.78 is 0. The molecule has 1 aromatic rings.